The van der Waals surface area contributed by atoms with Gasteiger partial charge in [0, 0.05) is 10.6 Å². The molecule has 0 aliphatic carbocycles. The van der Waals surface area contributed by atoms with Crippen LogP contribution in [0.4, 0.5) is 0 Å². The molecule has 3 aromatic rings. The largest absolute Gasteiger partial charge is 0.437 e. The molecule has 0 saturated heterocycles. The number of aliphatic hydroxyl groups excluding tert-OH is 1. The molecule has 1 N–H and O–H groups in total. The molecule has 0 atom stereocenters. The third-order valence-corrected chi connectivity index (χ3v) is 3.18. The first kappa shape index (κ1) is 14.4. The third kappa shape index (κ3) is 3.21. The molecule has 0 saturated carbocycles. The molecule has 0 spiro atoms. The summed E-state index contributed by atoms with van der Waals surface area (Å²) in [5, 5.41) is 18.0. The van der Waals surface area contributed by atoms with Gasteiger partial charge in [0.2, 0.25) is 5.88 Å². The Hall–Kier alpha value is -2.50. The molecule has 5 nitrogen and oxygen atoms in total. The molecule has 0 aliphatic rings. The number of aromatic nitrogens is 3. The van der Waals surface area contributed by atoms with Crippen LogP contribution in [-0.4, -0.2) is 20.3 Å². The van der Waals surface area contributed by atoms with E-state index >= 15 is 0 Å². The van der Waals surface area contributed by atoms with Crippen molar-refractivity contribution in [2.45, 2.75) is 6.61 Å². The number of rotatable bonds is 4. The minimum atomic E-state index is -0.308. The second-order valence-electron chi connectivity index (χ2n) is 4.47. The Kier molecular flexibility index (Phi) is 4.27. The molecule has 110 valence electrons. The highest BCUT2D eigenvalue weighted by Gasteiger charge is 2.12. The fourth-order valence-corrected chi connectivity index (χ4v) is 1.96. The smallest absolute Gasteiger partial charge is 0.247 e. The summed E-state index contributed by atoms with van der Waals surface area (Å²) in [6.07, 6.45) is 0. The number of halogens is 1. The van der Waals surface area contributed by atoms with Gasteiger partial charge in [0.15, 0.2) is 11.5 Å². The normalized spacial score (nSPS) is 10.5. The summed E-state index contributed by atoms with van der Waals surface area (Å²) in [4.78, 5) is 4.34. The zero-order chi connectivity index (χ0) is 15.4. The molecule has 0 amide bonds. The molecular formula is C16H12ClN3O2. The van der Waals surface area contributed by atoms with Gasteiger partial charge in [-0.1, -0.05) is 41.9 Å². The Morgan fingerprint density at radius 2 is 1.68 bits per heavy atom. The number of aliphatic hydroxyl groups is 1. The molecule has 22 heavy (non-hydrogen) atoms. The van der Waals surface area contributed by atoms with Crippen LogP contribution in [0.2, 0.25) is 5.02 Å². The van der Waals surface area contributed by atoms with Gasteiger partial charge in [-0.2, -0.15) is 4.98 Å². The standard InChI is InChI=1S/C16H12ClN3O2/c17-12-6-8-13(9-7-12)22-16-14(10-21)19-20-15(18-16)11-4-2-1-3-5-11/h1-9,21H,10H2. The number of hydrogen-bond acceptors (Lipinski definition) is 5. The highest BCUT2D eigenvalue weighted by molar-refractivity contribution is 6.30. The van der Waals surface area contributed by atoms with Crippen LogP contribution >= 0.6 is 11.6 Å². The van der Waals surface area contributed by atoms with Crippen molar-refractivity contribution in [1.29, 1.82) is 0 Å². The van der Waals surface area contributed by atoms with Crippen molar-refractivity contribution in [3.63, 3.8) is 0 Å². The van der Waals surface area contributed by atoms with Gasteiger partial charge in [0.25, 0.3) is 0 Å². The Morgan fingerprint density at radius 3 is 2.36 bits per heavy atom. The topological polar surface area (TPSA) is 68.1 Å². The Bertz CT molecular complexity index is 764. The van der Waals surface area contributed by atoms with Gasteiger partial charge in [-0.25, -0.2) is 0 Å². The van der Waals surface area contributed by atoms with Crippen molar-refractivity contribution < 1.29 is 9.84 Å². The fourth-order valence-electron chi connectivity index (χ4n) is 1.84. The second kappa shape index (κ2) is 6.51. The maximum Gasteiger partial charge on any atom is 0.247 e. The lowest BCUT2D eigenvalue weighted by Gasteiger charge is -2.09. The first-order chi connectivity index (χ1) is 10.8. The summed E-state index contributed by atoms with van der Waals surface area (Å²) >= 11 is 5.84. The number of nitrogens with zero attached hydrogens (tertiary/aromatic N) is 3. The van der Waals surface area contributed by atoms with Crippen LogP contribution in [0.25, 0.3) is 11.4 Å². The molecule has 2 aromatic carbocycles. The maximum absolute atomic E-state index is 9.36. The highest BCUT2D eigenvalue weighted by Crippen LogP contribution is 2.25. The number of hydrogen-bond donors (Lipinski definition) is 1. The lowest BCUT2D eigenvalue weighted by Crippen LogP contribution is -2.03. The minimum absolute atomic E-state index is 0.221. The van der Waals surface area contributed by atoms with Crippen molar-refractivity contribution in [3.8, 4) is 23.0 Å². The summed E-state index contributed by atoms with van der Waals surface area (Å²) in [6.45, 7) is -0.308. The van der Waals surface area contributed by atoms with Crippen molar-refractivity contribution in [1.82, 2.24) is 15.2 Å². The highest BCUT2D eigenvalue weighted by atomic mass is 35.5. The molecule has 0 aliphatic heterocycles. The number of benzene rings is 2. The van der Waals surface area contributed by atoms with Crippen LogP contribution in [0, 0.1) is 0 Å². The first-order valence-electron chi connectivity index (χ1n) is 6.59. The van der Waals surface area contributed by atoms with Gasteiger partial charge >= 0.3 is 0 Å². The molecule has 1 aromatic heterocycles. The van der Waals surface area contributed by atoms with E-state index in [2.05, 4.69) is 15.2 Å². The summed E-state index contributed by atoms with van der Waals surface area (Å²) in [5.41, 5.74) is 1.09. The van der Waals surface area contributed by atoms with Gasteiger partial charge in [0.1, 0.15) is 5.75 Å². The Labute approximate surface area is 132 Å². The SMILES string of the molecule is OCc1nnc(-c2ccccc2)nc1Oc1ccc(Cl)cc1. The average molecular weight is 314 g/mol. The molecular weight excluding hydrogens is 302 g/mol. The summed E-state index contributed by atoms with van der Waals surface area (Å²) in [5.74, 6) is 1.21. The van der Waals surface area contributed by atoms with Crippen LogP contribution in [0.1, 0.15) is 5.69 Å². The third-order valence-electron chi connectivity index (χ3n) is 2.93. The van der Waals surface area contributed by atoms with Crippen molar-refractivity contribution >= 4 is 11.6 Å². The van der Waals surface area contributed by atoms with E-state index in [0.29, 0.717) is 16.6 Å². The van der Waals surface area contributed by atoms with E-state index in [1.807, 2.05) is 30.3 Å². The summed E-state index contributed by atoms with van der Waals surface area (Å²) in [6, 6.07) is 16.3. The zero-order valence-electron chi connectivity index (χ0n) is 11.5. The van der Waals surface area contributed by atoms with E-state index in [1.54, 1.807) is 24.3 Å². The van der Waals surface area contributed by atoms with Crippen LogP contribution in [-0.2, 0) is 6.61 Å². The first-order valence-corrected chi connectivity index (χ1v) is 6.97. The average Bonchev–Trinajstić information content (AvgIpc) is 2.58. The van der Waals surface area contributed by atoms with Gasteiger partial charge in [-0.05, 0) is 24.3 Å². The monoisotopic (exact) mass is 313 g/mol. The lowest BCUT2D eigenvalue weighted by atomic mass is 10.2. The van der Waals surface area contributed by atoms with Crippen molar-refractivity contribution in [2.24, 2.45) is 0 Å². The van der Waals surface area contributed by atoms with Gasteiger partial charge in [-0.15, -0.1) is 10.2 Å². The Morgan fingerprint density at radius 1 is 0.955 bits per heavy atom. The summed E-state index contributed by atoms with van der Waals surface area (Å²) < 4.78 is 5.69. The van der Waals surface area contributed by atoms with E-state index in [-0.39, 0.29) is 18.2 Å². The van der Waals surface area contributed by atoms with Crippen molar-refractivity contribution in [3.05, 3.63) is 65.3 Å². The zero-order valence-corrected chi connectivity index (χ0v) is 12.2. The summed E-state index contributed by atoms with van der Waals surface area (Å²) in [7, 11) is 0. The molecule has 3 rings (SSSR count). The van der Waals surface area contributed by atoms with Crippen LogP contribution in [0.15, 0.2) is 54.6 Å². The molecule has 0 bridgehead atoms. The maximum atomic E-state index is 9.36. The van der Waals surface area contributed by atoms with Crippen molar-refractivity contribution in [2.75, 3.05) is 0 Å². The minimum Gasteiger partial charge on any atom is -0.437 e. The van der Waals surface area contributed by atoms with E-state index < -0.39 is 0 Å². The van der Waals surface area contributed by atoms with Gasteiger partial charge in [-0.3, -0.25) is 0 Å². The van der Waals surface area contributed by atoms with E-state index in [1.165, 1.54) is 0 Å². The van der Waals surface area contributed by atoms with Crippen LogP contribution in [0.5, 0.6) is 11.6 Å². The van der Waals surface area contributed by atoms with Crippen LogP contribution < -0.4 is 4.74 Å². The molecule has 0 fully saturated rings. The van der Waals surface area contributed by atoms with E-state index in [0.717, 1.165) is 5.56 Å². The lowest BCUT2D eigenvalue weighted by molar-refractivity contribution is 0.267. The van der Waals surface area contributed by atoms with Crippen LogP contribution in [0.3, 0.4) is 0 Å². The molecule has 1 heterocycles. The predicted octanol–water partition coefficient (Wildman–Crippen LogP) is 3.48. The van der Waals surface area contributed by atoms with Gasteiger partial charge < -0.3 is 9.84 Å². The van der Waals surface area contributed by atoms with Gasteiger partial charge in [0.05, 0.1) is 6.61 Å². The predicted molar refractivity (Wildman–Crippen MR) is 82.7 cm³/mol. The molecule has 0 radical (unpaired) electrons. The molecule has 0 unspecified atom stereocenters. The van der Waals surface area contributed by atoms with E-state index in [9.17, 15) is 5.11 Å². The quantitative estimate of drug-likeness (QED) is 0.798. The van der Waals surface area contributed by atoms with E-state index in [4.69, 9.17) is 16.3 Å². The Balaban J connectivity index is 1.96. The number of ether oxygens (including phenoxy) is 1. The second-order valence-corrected chi connectivity index (χ2v) is 4.90. The molecule has 6 heteroatoms. The fraction of sp³-hybridized carbons (Fsp3) is 0.0625.